The summed E-state index contributed by atoms with van der Waals surface area (Å²) in [6, 6.07) is 4.57. The van der Waals surface area contributed by atoms with Crippen LogP contribution < -0.4 is 5.32 Å². The highest BCUT2D eigenvalue weighted by atomic mass is 19.4. The third kappa shape index (κ3) is 3.57. The number of benzene rings is 1. The zero-order chi connectivity index (χ0) is 24.5. The fourth-order valence-electron chi connectivity index (χ4n) is 8.02. The number of hydrogen-bond donors (Lipinski definition) is 1. The van der Waals surface area contributed by atoms with Crippen molar-refractivity contribution in [2.24, 2.45) is 28.6 Å². The monoisotopic (exact) mass is 474 g/mol. The highest BCUT2D eigenvalue weighted by Crippen LogP contribution is 2.64. The molecule has 184 valence electrons. The van der Waals surface area contributed by atoms with Gasteiger partial charge in [0.15, 0.2) is 0 Å². The molecule has 3 saturated carbocycles. The maximum atomic E-state index is 13.2. The van der Waals surface area contributed by atoms with Crippen LogP contribution >= 0.6 is 0 Å². The van der Waals surface area contributed by atoms with E-state index in [0.29, 0.717) is 23.2 Å². The van der Waals surface area contributed by atoms with Crippen LogP contribution in [0.5, 0.6) is 0 Å². The van der Waals surface area contributed by atoms with Crippen LogP contribution in [-0.2, 0) is 15.8 Å². The first-order chi connectivity index (χ1) is 15.9. The minimum Gasteiger partial charge on any atom is -0.338 e. The van der Waals surface area contributed by atoms with Gasteiger partial charge < -0.3 is 10.2 Å². The van der Waals surface area contributed by atoms with Crippen molar-refractivity contribution in [2.75, 3.05) is 12.4 Å². The molecule has 6 atom stereocenters. The molecule has 5 rings (SSSR count). The van der Waals surface area contributed by atoms with E-state index in [9.17, 15) is 22.8 Å². The lowest BCUT2D eigenvalue weighted by Crippen LogP contribution is -2.60. The summed E-state index contributed by atoms with van der Waals surface area (Å²) in [5.41, 5.74) is -0.678. The number of carbonyl (C=O) groups excluding carboxylic acids is 2. The molecule has 34 heavy (non-hydrogen) atoms. The van der Waals surface area contributed by atoms with Crippen LogP contribution in [0.25, 0.3) is 0 Å². The number of carbonyl (C=O) groups is 2. The minimum atomic E-state index is -4.51. The summed E-state index contributed by atoms with van der Waals surface area (Å²) in [5.74, 6) is 0.691. The first-order valence-corrected chi connectivity index (χ1v) is 12.4. The normalized spacial score (nSPS) is 37.4. The summed E-state index contributed by atoms with van der Waals surface area (Å²) in [4.78, 5) is 28.1. The van der Waals surface area contributed by atoms with Gasteiger partial charge in [0, 0.05) is 24.2 Å². The van der Waals surface area contributed by atoms with E-state index in [0.717, 1.165) is 31.4 Å². The Kier molecular flexibility index (Phi) is 5.41. The lowest BCUT2D eigenvalue weighted by atomic mass is 9.48. The topological polar surface area (TPSA) is 49.4 Å². The smallest absolute Gasteiger partial charge is 0.338 e. The van der Waals surface area contributed by atoms with E-state index < -0.39 is 17.6 Å². The number of nitrogens with zero attached hydrogens (tertiary/aromatic N) is 1. The second-order valence-electron chi connectivity index (χ2n) is 11.4. The molecule has 0 saturated heterocycles. The van der Waals surface area contributed by atoms with Crippen molar-refractivity contribution < 1.29 is 22.8 Å². The van der Waals surface area contributed by atoms with Crippen molar-refractivity contribution in [2.45, 2.75) is 71.0 Å². The number of amides is 2. The number of fused-ring (bicyclic) bond motifs is 5. The first-order valence-electron chi connectivity index (χ1n) is 12.4. The summed E-state index contributed by atoms with van der Waals surface area (Å²) in [5, 5.41) is 2.55. The number of hydrogen-bond acceptors (Lipinski definition) is 2. The molecule has 1 aromatic rings. The van der Waals surface area contributed by atoms with Crippen molar-refractivity contribution in [3.63, 3.8) is 0 Å². The Labute approximate surface area is 199 Å². The molecule has 1 N–H and O–H groups in total. The van der Waals surface area contributed by atoms with Gasteiger partial charge in [-0.15, -0.1) is 0 Å². The predicted octanol–water partition coefficient (Wildman–Crippen LogP) is 6.04. The Hall–Kier alpha value is -2.31. The van der Waals surface area contributed by atoms with Gasteiger partial charge in [0.05, 0.1) is 5.56 Å². The van der Waals surface area contributed by atoms with Gasteiger partial charge in [0.25, 0.3) is 11.8 Å². The largest absolute Gasteiger partial charge is 0.416 e. The second kappa shape index (κ2) is 7.85. The average Bonchev–Trinajstić information content (AvgIpc) is 3.18. The lowest BCUT2D eigenvalue weighted by Gasteiger charge is -2.60. The molecule has 4 nitrogen and oxygen atoms in total. The van der Waals surface area contributed by atoms with Crippen molar-refractivity contribution in [1.82, 2.24) is 4.90 Å². The predicted molar refractivity (Wildman–Crippen MR) is 124 cm³/mol. The number of rotatable bonds is 2. The number of nitrogens with one attached hydrogen (secondary N) is 1. The van der Waals surface area contributed by atoms with Gasteiger partial charge in [-0.1, -0.05) is 32.4 Å². The molecule has 4 aliphatic rings. The molecule has 0 radical (unpaired) electrons. The van der Waals surface area contributed by atoms with Crippen LogP contribution in [0, 0.1) is 28.6 Å². The van der Waals surface area contributed by atoms with Gasteiger partial charge in [-0.05, 0) is 79.9 Å². The van der Waals surface area contributed by atoms with Crippen LogP contribution in [0.3, 0.4) is 0 Å². The van der Waals surface area contributed by atoms with Gasteiger partial charge in [-0.25, -0.2) is 0 Å². The average molecular weight is 475 g/mol. The maximum Gasteiger partial charge on any atom is 0.416 e. The van der Waals surface area contributed by atoms with Crippen LogP contribution in [-0.4, -0.2) is 29.8 Å². The molecule has 1 aliphatic heterocycles. The van der Waals surface area contributed by atoms with Gasteiger partial charge in [-0.2, -0.15) is 13.2 Å². The number of alkyl halides is 3. The van der Waals surface area contributed by atoms with Gasteiger partial charge in [-0.3, -0.25) is 9.59 Å². The highest BCUT2D eigenvalue weighted by Gasteiger charge is 2.59. The number of halogens is 3. The van der Waals surface area contributed by atoms with E-state index >= 15 is 0 Å². The van der Waals surface area contributed by atoms with E-state index in [1.54, 1.807) is 11.9 Å². The Bertz CT molecular complexity index is 1050. The third-order valence-electron chi connectivity index (χ3n) is 9.67. The molecule has 0 aromatic heterocycles. The van der Waals surface area contributed by atoms with Gasteiger partial charge >= 0.3 is 6.18 Å². The fourth-order valence-corrected chi connectivity index (χ4v) is 8.02. The van der Waals surface area contributed by atoms with Gasteiger partial charge in [0.2, 0.25) is 0 Å². The highest BCUT2D eigenvalue weighted by molar-refractivity contribution is 6.23. The summed E-state index contributed by atoms with van der Waals surface area (Å²) in [7, 11) is 1.76. The number of anilines is 1. The molecule has 0 bridgehead atoms. The van der Waals surface area contributed by atoms with Crippen LogP contribution in [0.4, 0.5) is 18.9 Å². The van der Waals surface area contributed by atoms with Crippen molar-refractivity contribution in [1.29, 1.82) is 0 Å². The summed E-state index contributed by atoms with van der Waals surface area (Å²) in [6.07, 6.45) is 5.51. The Balaban J connectivity index is 1.46. The molecular formula is C27H33F3N2O2. The first kappa shape index (κ1) is 23.4. The van der Waals surface area contributed by atoms with Crippen LogP contribution in [0.2, 0.25) is 0 Å². The maximum absolute atomic E-state index is 13.2. The van der Waals surface area contributed by atoms with Crippen molar-refractivity contribution >= 4 is 17.5 Å². The minimum absolute atomic E-state index is 0.0318. The lowest BCUT2D eigenvalue weighted by molar-refractivity contribution is -0.141. The summed E-state index contributed by atoms with van der Waals surface area (Å²) < 4.78 is 39.3. The van der Waals surface area contributed by atoms with E-state index in [-0.39, 0.29) is 28.6 Å². The van der Waals surface area contributed by atoms with E-state index in [2.05, 4.69) is 19.2 Å². The summed E-state index contributed by atoms with van der Waals surface area (Å²) in [6.45, 7) is 4.63. The molecule has 1 aromatic carbocycles. The zero-order valence-electron chi connectivity index (χ0n) is 20.0. The number of likely N-dealkylation sites (N-methyl/N-ethyl adjacent to an activating group) is 1. The Morgan fingerprint density at radius 3 is 2.59 bits per heavy atom. The fraction of sp³-hybridized carbons (Fsp3) is 0.630. The Morgan fingerprint density at radius 2 is 1.85 bits per heavy atom. The van der Waals surface area contributed by atoms with Crippen molar-refractivity contribution in [3.8, 4) is 0 Å². The standard InChI is InChI=1S/C27H33F3N2O2/c1-25-12-5-8-20(25)18-9-10-22-26(2,21(18)11-13-25)15-19(24(34)32(22)3)23(33)31-17-7-4-6-16(14-17)27(28,29)30/h4,6-7,14-15,18,20-22H,5,8-13H2,1-3H3,(H,31,33)/t18-,20-,21+,22?,25-,26+/m0/s1. The van der Waals surface area contributed by atoms with E-state index in [1.165, 1.54) is 37.8 Å². The van der Waals surface area contributed by atoms with Crippen LogP contribution in [0.1, 0.15) is 64.4 Å². The van der Waals surface area contributed by atoms with Gasteiger partial charge in [0.1, 0.15) is 5.57 Å². The summed E-state index contributed by atoms with van der Waals surface area (Å²) >= 11 is 0. The zero-order valence-corrected chi connectivity index (χ0v) is 20.0. The molecule has 2 amide bonds. The molecular weight excluding hydrogens is 441 g/mol. The molecule has 3 fully saturated rings. The molecule has 1 heterocycles. The SMILES string of the molecule is CN1C(=O)C(C(=O)Nc2cccc(C(F)(F)F)c2)=C[C@@]2(C)C1CC[C@@H]1[C@H]2CC[C@]2(C)CCC[C@@H]12. The third-order valence-corrected chi connectivity index (χ3v) is 9.67. The quantitative estimate of drug-likeness (QED) is 0.531. The molecule has 0 spiro atoms. The Morgan fingerprint density at radius 1 is 1.09 bits per heavy atom. The van der Waals surface area contributed by atoms with E-state index in [1.807, 2.05) is 6.08 Å². The van der Waals surface area contributed by atoms with Crippen molar-refractivity contribution in [3.05, 3.63) is 41.5 Å². The molecule has 7 heteroatoms. The van der Waals surface area contributed by atoms with Crippen LogP contribution in [0.15, 0.2) is 35.9 Å². The second-order valence-corrected chi connectivity index (χ2v) is 11.4. The molecule has 1 unspecified atom stereocenters. The van der Waals surface area contributed by atoms with E-state index in [4.69, 9.17) is 0 Å². The molecule has 3 aliphatic carbocycles.